The molecule has 0 aromatic heterocycles. The summed E-state index contributed by atoms with van der Waals surface area (Å²) in [7, 11) is 0. The van der Waals surface area contributed by atoms with Crippen molar-refractivity contribution in [1.29, 1.82) is 0 Å². The molecule has 2 aromatic carbocycles. The van der Waals surface area contributed by atoms with E-state index in [1.54, 1.807) is 0 Å². The monoisotopic (exact) mass is 310 g/mol. The average Bonchev–Trinajstić information content (AvgIpc) is 2.42. The second-order valence-corrected chi connectivity index (χ2v) is 4.45. The van der Waals surface area contributed by atoms with Crippen LogP contribution < -0.4 is 5.32 Å². The van der Waals surface area contributed by atoms with E-state index in [4.69, 9.17) is 11.6 Å². The molecule has 0 heterocycles. The summed E-state index contributed by atoms with van der Waals surface area (Å²) in [6, 6.07) is 6.47. The van der Waals surface area contributed by atoms with Crippen molar-refractivity contribution in [2.75, 3.05) is 5.32 Å². The largest absolute Gasteiger partial charge is 0.506 e. The van der Waals surface area contributed by atoms with Crippen molar-refractivity contribution in [3.05, 3.63) is 62.9 Å². The van der Waals surface area contributed by atoms with Gasteiger partial charge in [0.1, 0.15) is 17.1 Å². The standard InChI is InChI=1S/C13H8ClFN2O4/c14-10-3-2-8(6-12(10)18)16-13(19)9-5-7(15)1-4-11(9)17(20)21/h1-6,18H,(H,16,19). The number of aromatic hydroxyl groups is 1. The predicted octanol–water partition coefficient (Wildman–Crippen LogP) is 3.35. The van der Waals surface area contributed by atoms with Gasteiger partial charge in [-0.25, -0.2) is 4.39 Å². The van der Waals surface area contributed by atoms with Gasteiger partial charge in [0, 0.05) is 17.8 Å². The van der Waals surface area contributed by atoms with Crippen molar-refractivity contribution >= 4 is 28.9 Å². The molecule has 0 aliphatic carbocycles. The van der Waals surface area contributed by atoms with Crippen LogP contribution in [0.3, 0.4) is 0 Å². The van der Waals surface area contributed by atoms with Gasteiger partial charge in [0.2, 0.25) is 0 Å². The summed E-state index contributed by atoms with van der Waals surface area (Å²) in [6.07, 6.45) is 0. The minimum Gasteiger partial charge on any atom is -0.506 e. The van der Waals surface area contributed by atoms with Crippen LogP contribution in [-0.2, 0) is 0 Å². The van der Waals surface area contributed by atoms with Gasteiger partial charge in [0.15, 0.2) is 0 Å². The van der Waals surface area contributed by atoms with Gasteiger partial charge in [-0.3, -0.25) is 14.9 Å². The first-order valence-corrected chi connectivity index (χ1v) is 6.00. The molecule has 0 saturated carbocycles. The number of phenolic OH excluding ortho intramolecular Hbond substituents is 1. The normalized spacial score (nSPS) is 10.2. The van der Waals surface area contributed by atoms with Crippen LogP contribution >= 0.6 is 11.6 Å². The number of benzene rings is 2. The lowest BCUT2D eigenvalue weighted by atomic mass is 10.1. The third kappa shape index (κ3) is 3.26. The van der Waals surface area contributed by atoms with Crippen LogP contribution in [0.15, 0.2) is 36.4 Å². The van der Waals surface area contributed by atoms with Gasteiger partial charge < -0.3 is 10.4 Å². The first-order valence-electron chi connectivity index (χ1n) is 5.62. The Labute approximate surface area is 122 Å². The average molecular weight is 311 g/mol. The smallest absolute Gasteiger partial charge is 0.282 e. The number of nitro groups is 1. The molecule has 2 aromatic rings. The predicted molar refractivity (Wildman–Crippen MR) is 74.1 cm³/mol. The van der Waals surface area contributed by atoms with Crippen LogP contribution in [0.5, 0.6) is 5.75 Å². The number of phenols is 1. The second-order valence-electron chi connectivity index (χ2n) is 4.04. The zero-order valence-corrected chi connectivity index (χ0v) is 11.1. The zero-order valence-electron chi connectivity index (χ0n) is 10.3. The van der Waals surface area contributed by atoms with Crippen molar-refractivity contribution in [2.24, 2.45) is 0 Å². The maximum Gasteiger partial charge on any atom is 0.282 e. The molecule has 0 fully saturated rings. The van der Waals surface area contributed by atoms with Gasteiger partial charge >= 0.3 is 0 Å². The first kappa shape index (κ1) is 14.7. The summed E-state index contributed by atoms with van der Waals surface area (Å²) >= 11 is 5.62. The van der Waals surface area contributed by atoms with Gasteiger partial charge in [-0.15, -0.1) is 0 Å². The van der Waals surface area contributed by atoms with E-state index < -0.39 is 27.9 Å². The molecule has 0 spiro atoms. The third-order valence-corrected chi connectivity index (χ3v) is 2.92. The molecular formula is C13H8ClFN2O4. The van der Waals surface area contributed by atoms with Gasteiger partial charge in [0.25, 0.3) is 11.6 Å². The molecule has 8 heteroatoms. The van der Waals surface area contributed by atoms with E-state index in [-0.39, 0.29) is 16.5 Å². The maximum atomic E-state index is 13.2. The van der Waals surface area contributed by atoms with E-state index in [0.29, 0.717) is 0 Å². The molecule has 0 unspecified atom stereocenters. The molecule has 0 aliphatic rings. The number of nitrogens with one attached hydrogen (secondary N) is 1. The Bertz CT molecular complexity index is 736. The molecule has 1 amide bonds. The van der Waals surface area contributed by atoms with Gasteiger partial charge in [0.05, 0.1) is 9.95 Å². The SMILES string of the molecule is O=C(Nc1ccc(Cl)c(O)c1)c1cc(F)ccc1[N+](=O)[O-]. The molecule has 108 valence electrons. The number of carbonyl (C=O) groups excluding carboxylic acids is 1. The van der Waals surface area contributed by atoms with Crippen LogP contribution in [0.25, 0.3) is 0 Å². The number of carbonyl (C=O) groups is 1. The van der Waals surface area contributed by atoms with Crippen LogP contribution in [0.2, 0.25) is 5.02 Å². The molecule has 6 nitrogen and oxygen atoms in total. The van der Waals surface area contributed by atoms with E-state index in [1.165, 1.54) is 18.2 Å². The van der Waals surface area contributed by atoms with Gasteiger partial charge in [-0.2, -0.15) is 0 Å². The van der Waals surface area contributed by atoms with Crippen molar-refractivity contribution in [2.45, 2.75) is 0 Å². The minimum absolute atomic E-state index is 0.0877. The lowest BCUT2D eigenvalue weighted by Crippen LogP contribution is -2.14. The lowest BCUT2D eigenvalue weighted by molar-refractivity contribution is -0.385. The second kappa shape index (κ2) is 5.76. The highest BCUT2D eigenvalue weighted by Gasteiger charge is 2.21. The third-order valence-electron chi connectivity index (χ3n) is 2.60. The highest BCUT2D eigenvalue weighted by Crippen LogP contribution is 2.27. The van der Waals surface area contributed by atoms with Crippen molar-refractivity contribution in [3.8, 4) is 5.75 Å². The number of amides is 1. The number of rotatable bonds is 3. The molecule has 0 atom stereocenters. The van der Waals surface area contributed by atoms with Crippen molar-refractivity contribution < 1.29 is 19.2 Å². The summed E-state index contributed by atoms with van der Waals surface area (Å²) in [5, 5.41) is 22.7. The van der Waals surface area contributed by atoms with Crippen molar-refractivity contribution in [3.63, 3.8) is 0 Å². The molecule has 0 aliphatic heterocycles. The number of anilines is 1. The molecule has 21 heavy (non-hydrogen) atoms. The molecule has 0 bridgehead atoms. The van der Waals surface area contributed by atoms with Crippen molar-refractivity contribution in [1.82, 2.24) is 0 Å². The summed E-state index contributed by atoms with van der Waals surface area (Å²) < 4.78 is 13.2. The topological polar surface area (TPSA) is 92.5 Å². The Morgan fingerprint density at radius 3 is 2.62 bits per heavy atom. The fourth-order valence-corrected chi connectivity index (χ4v) is 1.76. The maximum absolute atomic E-state index is 13.2. The van der Waals surface area contributed by atoms with E-state index in [0.717, 1.165) is 18.2 Å². The highest BCUT2D eigenvalue weighted by molar-refractivity contribution is 6.32. The van der Waals surface area contributed by atoms with E-state index >= 15 is 0 Å². The summed E-state index contributed by atoms with van der Waals surface area (Å²) in [5.74, 6) is -1.91. The quantitative estimate of drug-likeness (QED) is 0.671. The van der Waals surface area contributed by atoms with Gasteiger partial charge in [-0.05, 0) is 24.3 Å². The van der Waals surface area contributed by atoms with Crippen LogP contribution in [-0.4, -0.2) is 15.9 Å². The number of nitrogens with zero attached hydrogens (tertiary/aromatic N) is 1. The Balaban J connectivity index is 2.34. The van der Waals surface area contributed by atoms with Crippen LogP contribution in [0.4, 0.5) is 15.8 Å². The van der Waals surface area contributed by atoms with E-state index in [9.17, 15) is 24.4 Å². The molecule has 0 saturated heterocycles. The van der Waals surface area contributed by atoms with Crippen LogP contribution in [0.1, 0.15) is 10.4 Å². The number of hydrogen-bond acceptors (Lipinski definition) is 4. The molecule has 0 radical (unpaired) electrons. The number of hydrogen-bond donors (Lipinski definition) is 2. The Morgan fingerprint density at radius 1 is 1.29 bits per heavy atom. The Kier molecular flexibility index (Phi) is 4.04. The summed E-state index contributed by atoms with van der Waals surface area (Å²) in [4.78, 5) is 22.0. The molecular weight excluding hydrogens is 303 g/mol. The summed E-state index contributed by atoms with van der Waals surface area (Å²) in [5.41, 5.74) is -0.776. The number of nitro benzene ring substituents is 1. The first-order chi connectivity index (χ1) is 9.88. The Morgan fingerprint density at radius 2 is 2.00 bits per heavy atom. The van der Waals surface area contributed by atoms with E-state index in [1.807, 2.05) is 0 Å². The minimum atomic E-state index is -0.872. The Hall–Kier alpha value is -2.67. The molecule has 2 N–H and O–H groups in total. The highest BCUT2D eigenvalue weighted by atomic mass is 35.5. The lowest BCUT2D eigenvalue weighted by Gasteiger charge is -2.07. The van der Waals surface area contributed by atoms with Crippen LogP contribution in [0, 0.1) is 15.9 Å². The van der Waals surface area contributed by atoms with E-state index in [2.05, 4.69) is 5.32 Å². The summed E-state index contributed by atoms with van der Waals surface area (Å²) in [6.45, 7) is 0. The fourth-order valence-electron chi connectivity index (χ4n) is 1.64. The fraction of sp³-hybridized carbons (Fsp3) is 0. The molecule has 2 rings (SSSR count). The van der Waals surface area contributed by atoms with Gasteiger partial charge in [-0.1, -0.05) is 11.6 Å². The number of halogens is 2. The zero-order chi connectivity index (χ0) is 15.6.